The first-order chi connectivity index (χ1) is 13.0. The van der Waals surface area contributed by atoms with Crippen molar-refractivity contribution in [2.24, 2.45) is 28.8 Å². The maximum absolute atomic E-state index is 14.1. The summed E-state index contributed by atoms with van der Waals surface area (Å²) in [5.41, 5.74) is 0.189. The fraction of sp³-hybridized carbons (Fsp3) is 0.684. The number of nitrogens with one attached hydrogen (secondary N) is 1. The second-order valence-electron chi connectivity index (χ2n) is 8.32. The number of nitrogens with two attached hydrogens (primary N) is 1. The number of hydrogen-bond acceptors (Lipinski definition) is 4. The van der Waals surface area contributed by atoms with E-state index in [9.17, 15) is 22.0 Å². The van der Waals surface area contributed by atoms with Gasteiger partial charge < -0.3 is 5.32 Å². The molecule has 0 radical (unpaired) electrons. The first kappa shape index (κ1) is 21.1. The molecule has 9 heteroatoms. The average Bonchev–Trinajstić information content (AvgIpc) is 2.60. The van der Waals surface area contributed by atoms with Gasteiger partial charge in [0.05, 0.1) is 0 Å². The maximum atomic E-state index is 14.1. The molecule has 0 spiro atoms. The van der Waals surface area contributed by atoms with E-state index in [0.29, 0.717) is 12.3 Å². The number of sulfonamides is 1. The highest BCUT2D eigenvalue weighted by atomic mass is 32.2. The third kappa shape index (κ3) is 5.05. The Labute approximate surface area is 164 Å². The summed E-state index contributed by atoms with van der Waals surface area (Å²) >= 11 is 0. The van der Waals surface area contributed by atoms with E-state index < -0.39 is 34.2 Å². The zero-order valence-corrected chi connectivity index (χ0v) is 16.7. The number of carbonyl (C=O) groups excluding carboxylic acids is 1. The molecule has 0 saturated heterocycles. The fourth-order valence-electron chi connectivity index (χ4n) is 4.75. The summed E-state index contributed by atoms with van der Waals surface area (Å²) < 4.78 is 51.1. The van der Waals surface area contributed by atoms with E-state index in [4.69, 9.17) is 5.14 Å². The van der Waals surface area contributed by atoms with Gasteiger partial charge in [0.15, 0.2) is 5.03 Å². The van der Waals surface area contributed by atoms with Gasteiger partial charge in [0, 0.05) is 36.7 Å². The second kappa shape index (κ2) is 8.02. The fourth-order valence-corrected chi connectivity index (χ4v) is 5.25. The summed E-state index contributed by atoms with van der Waals surface area (Å²) in [5, 5.41) is 7.30. The Hall–Kier alpha value is -1.61. The van der Waals surface area contributed by atoms with Crippen LogP contribution in [0.4, 0.5) is 14.5 Å². The summed E-state index contributed by atoms with van der Waals surface area (Å²) in [6.07, 6.45) is 5.03. The summed E-state index contributed by atoms with van der Waals surface area (Å²) in [4.78, 5) is 16.6. The zero-order valence-electron chi connectivity index (χ0n) is 15.9. The van der Waals surface area contributed by atoms with Gasteiger partial charge in [0.2, 0.25) is 11.8 Å². The SMILES string of the molecule is CC1CCCC(C2CCC(F)(F)C[C@H]2C(=O)Nc2ccnc(S(N)(=O)=O)c2)C1. The van der Waals surface area contributed by atoms with Crippen molar-refractivity contribution >= 4 is 21.6 Å². The van der Waals surface area contributed by atoms with Crippen LogP contribution >= 0.6 is 0 Å². The monoisotopic (exact) mass is 415 g/mol. The first-order valence-corrected chi connectivity index (χ1v) is 11.3. The molecule has 156 valence electrons. The van der Waals surface area contributed by atoms with Crippen molar-refractivity contribution in [3.8, 4) is 0 Å². The van der Waals surface area contributed by atoms with E-state index in [1.54, 1.807) is 0 Å². The number of halogens is 2. The topological polar surface area (TPSA) is 102 Å². The predicted octanol–water partition coefficient (Wildman–Crippen LogP) is 3.55. The normalized spacial score (nSPS) is 30.6. The molecule has 3 N–H and O–H groups in total. The van der Waals surface area contributed by atoms with Crippen LogP contribution in [0, 0.1) is 23.7 Å². The number of alkyl halides is 2. The number of pyridine rings is 1. The van der Waals surface area contributed by atoms with Gasteiger partial charge in [-0.1, -0.05) is 26.2 Å². The van der Waals surface area contributed by atoms with Crippen molar-refractivity contribution in [3.05, 3.63) is 18.3 Å². The molecule has 2 saturated carbocycles. The molecule has 3 rings (SSSR count). The van der Waals surface area contributed by atoms with Gasteiger partial charge in [0.25, 0.3) is 10.0 Å². The molecule has 28 heavy (non-hydrogen) atoms. The highest BCUT2D eigenvalue weighted by molar-refractivity contribution is 7.89. The summed E-state index contributed by atoms with van der Waals surface area (Å²) in [6.45, 7) is 2.17. The lowest BCUT2D eigenvalue weighted by Crippen LogP contribution is -2.43. The van der Waals surface area contributed by atoms with E-state index in [1.165, 1.54) is 12.3 Å². The van der Waals surface area contributed by atoms with E-state index in [1.807, 2.05) is 0 Å². The highest BCUT2D eigenvalue weighted by Gasteiger charge is 2.47. The molecule has 3 unspecified atom stereocenters. The van der Waals surface area contributed by atoms with E-state index >= 15 is 0 Å². The van der Waals surface area contributed by atoms with Crippen LogP contribution in [0.5, 0.6) is 0 Å². The lowest BCUT2D eigenvalue weighted by atomic mass is 9.65. The van der Waals surface area contributed by atoms with Crippen molar-refractivity contribution in [1.29, 1.82) is 0 Å². The molecule has 1 aromatic rings. The van der Waals surface area contributed by atoms with Crippen LogP contribution < -0.4 is 10.5 Å². The molecular weight excluding hydrogens is 388 g/mol. The lowest BCUT2D eigenvalue weighted by Gasteiger charge is -2.42. The number of rotatable bonds is 4. The molecule has 2 fully saturated rings. The van der Waals surface area contributed by atoms with Crippen LogP contribution in [0.1, 0.15) is 51.9 Å². The maximum Gasteiger partial charge on any atom is 0.255 e. The molecule has 0 aromatic carbocycles. The minimum atomic E-state index is -4.02. The van der Waals surface area contributed by atoms with Crippen LogP contribution in [0.3, 0.4) is 0 Å². The third-order valence-electron chi connectivity index (χ3n) is 6.09. The largest absolute Gasteiger partial charge is 0.326 e. The van der Waals surface area contributed by atoms with Crippen molar-refractivity contribution in [2.45, 2.75) is 62.8 Å². The van der Waals surface area contributed by atoms with E-state index in [0.717, 1.165) is 31.7 Å². The Kier molecular flexibility index (Phi) is 6.05. The van der Waals surface area contributed by atoms with Gasteiger partial charge in [-0.3, -0.25) is 4.79 Å². The standard InChI is InChI=1S/C19H27F2N3O3S/c1-12-3-2-4-13(9-12)15-5-7-19(20,21)11-16(15)18(25)24-14-6-8-23-17(10-14)28(22,26)27/h6,8,10,12-13,15-16H,2-5,7,9,11H2,1H3,(H2,22,26,27)(H,23,24,25)/t12?,13?,15?,16-/m1/s1. The first-order valence-electron chi connectivity index (χ1n) is 9.73. The Bertz CT molecular complexity index is 831. The molecule has 1 amide bonds. The summed E-state index contributed by atoms with van der Waals surface area (Å²) in [5.74, 6) is -3.42. The van der Waals surface area contributed by atoms with Gasteiger partial charge in [-0.15, -0.1) is 0 Å². The smallest absolute Gasteiger partial charge is 0.255 e. The number of anilines is 1. The molecule has 1 aromatic heterocycles. The summed E-state index contributed by atoms with van der Waals surface area (Å²) in [7, 11) is -4.02. The average molecular weight is 416 g/mol. The Morgan fingerprint density at radius 1 is 1.32 bits per heavy atom. The number of aromatic nitrogens is 1. The van der Waals surface area contributed by atoms with Gasteiger partial charge in [0.1, 0.15) is 0 Å². The van der Waals surface area contributed by atoms with Crippen molar-refractivity contribution < 1.29 is 22.0 Å². The highest BCUT2D eigenvalue weighted by Crippen LogP contribution is 2.47. The number of amides is 1. The van der Waals surface area contributed by atoms with Gasteiger partial charge in [-0.25, -0.2) is 27.3 Å². The van der Waals surface area contributed by atoms with Crippen LogP contribution in [-0.2, 0) is 14.8 Å². The van der Waals surface area contributed by atoms with Crippen LogP contribution in [0.15, 0.2) is 23.4 Å². The van der Waals surface area contributed by atoms with Crippen LogP contribution in [-0.4, -0.2) is 25.2 Å². The quantitative estimate of drug-likeness (QED) is 0.785. The van der Waals surface area contributed by atoms with Crippen molar-refractivity contribution in [3.63, 3.8) is 0 Å². The third-order valence-corrected chi connectivity index (χ3v) is 6.90. The molecular formula is C19H27F2N3O3S. The molecule has 0 bridgehead atoms. The predicted molar refractivity (Wildman–Crippen MR) is 101 cm³/mol. The lowest BCUT2D eigenvalue weighted by molar-refractivity contribution is -0.134. The number of nitrogens with zero attached hydrogens (tertiary/aromatic N) is 1. The van der Waals surface area contributed by atoms with E-state index in [2.05, 4.69) is 17.2 Å². The molecule has 1 heterocycles. The second-order valence-corrected chi connectivity index (χ2v) is 9.83. The number of carbonyl (C=O) groups is 1. The Morgan fingerprint density at radius 2 is 2.07 bits per heavy atom. The van der Waals surface area contributed by atoms with Crippen molar-refractivity contribution in [1.82, 2.24) is 4.98 Å². The number of primary sulfonamides is 1. The minimum absolute atomic E-state index is 0.0816. The molecule has 4 atom stereocenters. The molecule has 0 aliphatic heterocycles. The Morgan fingerprint density at radius 3 is 2.75 bits per heavy atom. The molecule has 6 nitrogen and oxygen atoms in total. The summed E-state index contributed by atoms with van der Waals surface area (Å²) in [6, 6.07) is 2.57. The number of hydrogen-bond donors (Lipinski definition) is 2. The minimum Gasteiger partial charge on any atom is -0.326 e. The van der Waals surface area contributed by atoms with Crippen LogP contribution in [0.2, 0.25) is 0 Å². The zero-order chi connectivity index (χ0) is 20.5. The van der Waals surface area contributed by atoms with E-state index in [-0.39, 0.29) is 29.0 Å². The molecule has 2 aliphatic carbocycles. The van der Waals surface area contributed by atoms with Crippen LogP contribution in [0.25, 0.3) is 0 Å². The molecule has 2 aliphatic rings. The Balaban J connectivity index is 1.79. The van der Waals surface area contributed by atoms with Gasteiger partial charge >= 0.3 is 0 Å². The van der Waals surface area contributed by atoms with Gasteiger partial charge in [-0.2, -0.15) is 0 Å². The van der Waals surface area contributed by atoms with Crippen molar-refractivity contribution in [2.75, 3.05) is 5.32 Å². The van der Waals surface area contributed by atoms with Gasteiger partial charge in [-0.05, 0) is 36.7 Å².